The SMILES string of the molecule is O=C1OC(c2sc3cc(Cl)ccc3c2Cl)=N/C1=C/c1ccccc1OC(=O)c1ccc([N+](=O)[O-])cc1. The van der Waals surface area contributed by atoms with Gasteiger partial charge in [0.1, 0.15) is 10.6 Å². The van der Waals surface area contributed by atoms with Crippen molar-refractivity contribution >= 4 is 74.2 Å². The second-order valence-electron chi connectivity index (χ2n) is 7.45. The van der Waals surface area contributed by atoms with Gasteiger partial charge in [0.15, 0.2) is 5.70 Å². The standard InChI is InChI=1S/C25H12Cl2N2O6S/c26-15-7-10-17-20(12-15)36-22(21(17)27)23-28-18(25(31)35-23)11-14-3-1-2-4-19(14)34-24(30)13-5-8-16(9-6-13)29(32)33/h1-12H/b18-11+. The summed E-state index contributed by atoms with van der Waals surface area (Å²) >= 11 is 13.9. The summed E-state index contributed by atoms with van der Waals surface area (Å²) in [6.07, 6.45) is 1.44. The number of ether oxygens (including phenoxy) is 2. The minimum absolute atomic E-state index is 0.00427. The lowest BCUT2D eigenvalue weighted by atomic mass is 10.1. The van der Waals surface area contributed by atoms with Gasteiger partial charge in [-0.1, -0.05) is 47.5 Å². The zero-order chi connectivity index (χ0) is 25.4. The molecular formula is C25H12Cl2N2O6S. The second kappa shape index (κ2) is 9.54. The smallest absolute Gasteiger partial charge is 0.363 e. The largest absolute Gasteiger partial charge is 0.422 e. The Morgan fingerprint density at radius 3 is 2.58 bits per heavy atom. The molecular weight excluding hydrogens is 527 g/mol. The van der Waals surface area contributed by atoms with Crippen molar-refractivity contribution in [3.05, 3.63) is 109 Å². The zero-order valence-corrected chi connectivity index (χ0v) is 20.3. The Morgan fingerprint density at radius 2 is 1.83 bits per heavy atom. The van der Waals surface area contributed by atoms with Crippen LogP contribution in [-0.2, 0) is 9.53 Å². The first kappa shape index (κ1) is 23.7. The van der Waals surface area contributed by atoms with Crippen molar-refractivity contribution in [2.45, 2.75) is 0 Å². The van der Waals surface area contributed by atoms with E-state index in [0.29, 0.717) is 20.5 Å². The molecule has 0 radical (unpaired) electrons. The van der Waals surface area contributed by atoms with Crippen LogP contribution in [0.25, 0.3) is 16.2 Å². The van der Waals surface area contributed by atoms with Gasteiger partial charge in [0, 0.05) is 32.8 Å². The molecule has 0 fully saturated rings. The third kappa shape index (κ3) is 4.59. The number of cyclic esters (lactones) is 1. The topological polar surface area (TPSA) is 108 Å². The number of para-hydroxylation sites is 1. The van der Waals surface area contributed by atoms with Crippen LogP contribution >= 0.6 is 34.5 Å². The summed E-state index contributed by atoms with van der Waals surface area (Å²) in [6.45, 7) is 0. The summed E-state index contributed by atoms with van der Waals surface area (Å²) in [7, 11) is 0. The van der Waals surface area contributed by atoms with E-state index in [1.807, 2.05) is 0 Å². The Morgan fingerprint density at radius 1 is 1.08 bits per heavy atom. The molecule has 5 rings (SSSR count). The van der Waals surface area contributed by atoms with Crippen LogP contribution in [0, 0.1) is 10.1 Å². The first-order chi connectivity index (χ1) is 17.3. The molecule has 8 nitrogen and oxygen atoms in total. The molecule has 0 spiro atoms. The molecule has 1 aliphatic rings. The van der Waals surface area contributed by atoms with Gasteiger partial charge in [-0.25, -0.2) is 14.6 Å². The number of non-ortho nitro benzene ring substituents is 1. The Balaban J connectivity index is 1.43. The molecule has 0 saturated carbocycles. The average Bonchev–Trinajstić information content (AvgIpc) is 3.39. The molecule has 0 unspecified atom stereocenters. The van der Waals surface area contributed by atoms with Crippen molar-refractivity contribution in [2.24, 2.45) is 4.99 Å². The quantitative estimate of drug-likeness (QED) is 0.0921. The monoisotopic (exact) mass is 538 g/mol. The van der Waals surface area contributed by atoms with Gasteiger partial charge in [0.05, 0.1) is 15.5 Å². The van der Waals surface area contributed by atoms with Gasteiger partial charge in [0.25, 0.3) is 5.69 Å². The fraction of sp³-hybridized carbons (Fsp3) is 0. The molecule has 2 heterocycles. The first-order valence-corrected chi connectivity index (χ1v) is 11.8. The number of fused-ring (bicyclic) bond motifs is 1. The van der Waals surface area contributed by atoms with E-state index >= 15 is 0 Å². The molecule has 3 aromatic carbocycles. The van der Waals surface area contributed by atoms with Gasteiger partial charge in [0.2, 0.25) is 5.90 Å². The van der Waals surface area contributed by atoms with Gasteiger partial charge in [-0.3, -0.25) is 10.1 Å². The molecule has 178 valence electrons. The van der Waals surface area contributed by atoms with Crippen molar-refractivity contribution in [3.8, 4) is 5.75 Å². The Hall–Kier alpha value is -4.05. The molecule has 0 atom stereocenters. The van der Waals surface area contributed by atoms with Crippen LogP contribution in [0.1, 0.15) is 20.8 Å². The second-order valence-corrected chi connectivity index (χ2v) is 9.32. The van der Waals surface area contributed by atoms with Gasteiger partial charge in [-0.15, -0.1) is 11.3 Å². The third-order valence-electron chi connectivity index (χ3n) is 5.13. The van der Waals surface area contributed by atoms with Crippen molar-refractivity contribution in [1.82, 2.24) is 0 Å². The molecule has 0 saturated heterocycles. The summed E-state index contributed by atoms with van der Waals surface area (Å²) in [5, 5.41) is 12.5. The van der Waals surface area contributed by atoms with Crippen LogP contribution in [0.3, 0.4) is 0 Å². The number of hydrogen-bond donors (Lipinski definition) is 0. The molecule has 0 aliphatic carbocycles. The summed E-state index contributed by atoms with van der Waals surface area (Å²) in [6, 6.07) is 16.8. The average molecular weight is 539 g/mol. The number of carbonyl (C=O) groups is 2. The lowest BCUT2D eigenvalue weighted by molar-refractivity contribution is -0.384. The van der Waals surface area contributed by atoms with Crippen LogP contribution < -0.4 is 4.74 Å². The highest BCUT2D eigenvalue weighted by Gasteiger charge is 2.28. The van der Waals surface area contributed by atoms with E-state index in [0.717, 1.165) is 10.1 Å². The maximum atomic E-state index is 12.6. The predicted molar refractivity (Wildman–Crippen MR) is 137 cm³/mol. The van der Waals surface area contributed by atoms with Crippen LogP contribution in [0.15, 0.2) is 77.4 Å². The molecule has 11 heteroatoms. The number of benzene rings is 3. The van der Waals surface area contributed by atoms with Crippen molar-refractivity contribution in [1.29, 1.82) is 0 Å². The van der Waals surface area contributed by atoms with E-state index in [9.17, 15) is 19.7 Å². The maximum Gasteiger partial charge on any atom is 0.363 e. The Kier molecular flexibility index (Phi) is 6.27. The lowest BCUT2D eigenvalue weighted by Crippen LogP contribution is -2.09. The Labute approximate surface area is 217 Å². The highest BCUT2D eigenvalue weighted by molar-refractivity contribution is 7.21. The molecule has 0 bridgehead atoms. The van der Waals surface area contributed by atoms with Crippen molar-refractivity contribution in [3.63, 3.8) is 0 Å². The number of nitro groups is 1. The number of nitro benzene ring substituents is 1. The molecule has 0 N–H and O–H groups in total. The number of thiophene rings is 1. The van der Waals surface area contributed by atoms with Crippen LogP contribution in [-0.4, -0.2) is 22.8 Å². The van der Waals surface area contributed by atoms with Crippen LogP contribution in [0.5, 0.6) is 5.75 Å². The van der Waals surface area contributed by atoms with E-state index in [-0.39, 0.29) is 28.6 Å². The molecule has 1 aliphatic heterocycles. The molecule has 0 amide bonds. The highest BCUT2D eigenvalue weighted by Crippen LogP contribution is 2.38. The van der Waals surface area contributed by atoms with E-state index in [2.05, 4.69) is 4.99 Å². The Bertz CT molecular complexity index is 1630. The van der Waals surface area contributed by atoms with Gasteiger partial charge >= 0.3 is 11.9 Å². The number of aliphatic imine (C=N–C) groups is 1. The third-order valence-corrected chi connectivity index (χ3v) is 7.01. The first-order valence-electron chi connectivity index (χ1n) is 10.3. The fourth-order valence-corrected chi connectivity index (χ4v) is 5.12. The summed E-state index contributed by atoms with van der Waals surface area (Å²) < 4.78 is 11.7. The van der Waals surface area contributed by atoms with Crippen LogP contribution in [0.4, 0.5) is 5.69 Å². The fourth-order valence-electron chi connectivity index (χ4n) is 3.40. The summed E-state index contributed by atoms with van der Waals surface area (Å²) in [5.41, 5.74) is 0.379. The van der Waals surface area contributed by atoms with E-state index < -0.39 is 16.9 Å². The number of carbonyl (C=O) groups excluding carboxylic acids is 2. The number of halogens is 2. The van der Waals surface area contributed by atoms with Crippen molar-refractivity contribution < 1.29 is 24.0 Å². The van der Waals surface area contributed by atoms with E-state index in [1.165, 1.54) is 41.7 Å². The predicted octanol–water partition coefficient (Wildman–Crippen LogP) is 6.68. The molecule has 1 aromatic heterocycles. The number of rotatable bonds is 5. The van der Waals surface area contributed by atoms with E-state index in [4.69, 9.17) is 32.7 Å². The molecule has 4 aromatic rings. The summed E-state index contributed by atoms with van der Waals surface area (Å²) in [5.74, 6) is -1.18. The van der Waals surface area contributed by atoms with Crippen molar-refractivity contribution in [2.75, 3.05) is 0 Å². The minimum Gasteiger partial charge on any atom is -0.422 e. The number of nitrogens with zero attached hydrogens (tertiary/aromatic N) is 2. The number of hydrogen-bond acceptors (Lipinski definition) is 8. The van der Waals surface area contributed by atoms with E-state index in [1.54, 1.807) is 42.5 Å². The minimum atomic E-state index is -0.718. The van der Waals surface area contributed by atoms with Gasteiger partial charge in [-0.2, -0.15) is 0 Å². The molecule has 36 heavy (non-hydrogen) atoms. The van der Waals surface area contributed by atoms with Crippen LogP contribution in [0.2, 0.25) is 10.0 Å². The highest BCUT2D eigenvalue weighted by atomic mass is 35.5. The zero-order valence-electron chi connectivity index (χ0n) is 17.9. The van der Waals surface area contributed by atoms with Gasteiger partial charge < -0.3 is 9.47 Å². The maximum absolute atomic E-state index is 12.6. The summed E-state index contributed by atoms with van der Waals surface area (Å²) in [4.78, 5) is 40.2. The van der Waals surface area contributed by atoms with Gasteiger partial charge in [-0.05, 0) is 36.4 Å². The lowest BCUT2D eigenvalue weighted by Gasteiger charge is -2.07. The number of esters is 2. The normalized spacial score (nSPS) is 14.1.